The van der Waals surface area contributed by atoms with Crippen LogP contribution < -0.4 is 23.9 Å². The molecular weight excluding hydrogens is 185 g/mol. The van der Waals surface area contributed by atoms with Crippen molar-refractivity contribution in [1.82, 2.24) is 0 Å². The first-order valence-corrected chi connectivity index (χ1v) is 3.42. The summed E-state index contributed by atoms with van der Waals surface area (Å²) in [4.78, 5) is 0. The Hall–Kier alpha value is 0.582. The van der Waals surface area contributed by atoms with Crippen LogP contribution in [0.3, 0.4) is 0 Å². The maximum absolute atomic E-state index is 8.80. The van der Waals surface area contributed by atoms with E-state index in [0.717, 1.165) is 0 Å². The summed E-state index contributed by atoms with van der Waals surface area (Å²) in [7, 11) is -2.42. The molecule has 0 radical (unpaired) electrons. The molecule has 0 unspecified atom stereocenters. The fourth-order valence-electron chi connectivity index (χ4n) is 0. The van der Waals surface area contributed by atoms with Crippen LogP contribution in [0.2, 0.25) is 0 Å². The third-order valence-corrected chi connectivity index (χ3v) is 0. The third-order valence-electron chi connectivity index (χ3n) is 0. The normalized spacial score (nSPS) is 8.50. The third kappa shape index (κ3) is 1460. The monoisotopic (exact) mass is 189 g/mol. The van der Waals surface area contributed by atoms with E-state index in [-0.39, 0.29) is 18.9 Å². The topological polar surface area (TPSA) is 138 Å². The van der Waals surface area contributed by atoms with Crippen molar-refractivity contribution in [3.8, 4) is 0 Å². The molecule has 0 aromatic carbocycles. The van der Waals surface area contributed by atoms with Gasteiger partial charge in [-0.15, -0.1) is 0 Å². The molecule has 10 heteroatoms. The van der Waals surface area contributed by atoms with Crippen LogP contribution in [0, 0.1) is 0 Å². The molecule has 0 heterocycles. The van der Waals surface area contributed by atoms with Gasteiger partial charge in [0.15, 0.2) is 0 Å². The first-order chi connectivity index (χ1) is 3.73. The van der Waals surface area contributed by atoms with E-state index >= 15 is 0 Å². The minimum absolute atomic E-state index is 0. The summed E-state index contributed by atoms with van der Waals surface area (Å²) in [6.07, 6.45) is 0. The Morgan fingerprint density at radius 1 is 1.20 bits per heavy atom. The molecule has 0 aliphatic heterocycles. The molecule has 0 rings (SSSR count). The van der Waals surface area contributed by atoms with E-state index < -0.39 is 20.7 Å². The maximum atomic E-state index is 8.80. The Bertz CT molecular complexity index is 125. The molecule has 0 aliphatic rings. The zero-order chi connectivity index (χ0) is 8.08. The number of hydrogen-bond donors (Lipinski definition) is 4. The molecule has 7 nitrogen and oxygen atoms in total. The summed E-state index contributed by atoms with van der Waals surface area (Å²) in [6.45, 7) is 0. The summed E-state index contributed by atoms with van der Waals surface area (Å²) in [5, 5.41) is 22.8. The first-order valence-electron chi connectivity index (χ1n) is 1.40. The zero-order valence-electron chi connectivity index (χ0n) is 4.97. The van der Waals surface area contributed by atoms with Crippen LogP contribution in [0.25, 0.3) is 0 Å². The average Bonchev–Trinajstić information content (AvgIpc) is 1.19. The SMILES string of the molecule is [Li+].[O-]B(O)O.[O]=[Mn](=[O])([OH])[OH]. The van der Waals surface area contributed by atoms with Crippen molar-refractivity contribution in [3.05, 3.63) is 0 Å². The van der Waals surface area contributed by atoms with Gasteiger partial charge in [0.2, 0.25) is 0 Å². The van der Waals surface area contributed by atoms with E-state index in [1.54, 1.807) is 0 Å². The standard InChI is InChI=1S/BH2O3.Li.Mn.2H2O.2O/c2-1(3)4;;;;;;/h2-3H;;;2*1H2;;/q-1;+1;+2;;;;/p-2. The van der Waals surface area contributed by atoms with Crippen LogP contribution in [0.4, 0.5) is 0 Å². The van der Waals surface area contributed by atoms with Gasteiger partial charge in [-0.1, -0.05) is 0 Å². The quantitative estimate of drug-likeness (QED) is 0.277. The van der Waals surface area contributed by atoms with Gasteiger partial charge < -0.3 is 15.1 Å². The van der Waals surface area contributed by atoms with E-state index in [4.69, 9.17) is 31.1 Å². The van der Waals surface area contributed by atoms with Crippen LogP contribution in [0.5, 0.6) is 0 Å². The minimum atomic E-state index is -5.12. The molecule has 0 saturated heterocycles. The fraction of sp³-hybridized carbons (Fsp3) is 0. The van der Waals surface area contributed by atoms with Crippen molar-refractivity contribution in [2.24, 2.45) is 0 Å². The summed E-state index contributed by atoms with van der Waals surface area (Å²) in [5.41, 5.74) is 0. The van der Waals surface area contributed by atoms with E-state index in [2.05, 4.69) is 0 Å². The van der Waals surface area contributed by atoms with Gasteiger partial charge in [-0.05, 0) is 0 Å². The van der Waals surface area contributed by atoms with Gasteiger partial charge in [0.25, 0.3) is 0 Å². The number of rotatable bonds is 0. The van der Waals surface area contributed by atoms with Crippen molar-refractivity contribution in [1.29, 1.82) is 0 Å². The van der Waals surface area contributed by atoms with E-state index in [0.29, 0.717) is 0 Å². The van der Waals surface area contributed by atoms with Crippen LogP contribution in [-0.4, -0.2) is 25.7 Å². The van der Waals surface area contributed by atoms with Crippen molar-refractivity contribution in [3.63, 3.8) is 0 Å². The Labute approximate surface area is 70.9 Å². The van der Waals surface area contributed by atoms with Gasteiger partial charge in [0, 0.05) is 0 Å². The van der Waals surface area contributed by atoms with Crippen molar-refractivity contribution in [2.75, 3.05) is 0 Å². The first kappa shape index (κ1) is 16.9. The van der Waals surface area contributed by atoms with Crippen molar-refractivity contribution < 1.29 is 63.3 Å². The number of hydrogen-bond acceptors (Lipinski definition) is 5. The summed E-state index contributed by atoms with van der Waals surface area (Å²) in [5.74, 6) is 0. The van der Waals surface area contributed by atoms with Gasteiger partial charge in [0.05, 0.1) is 0 Å². The predicted molar refractivity (Wildman–Crippen MR) is 16.0 cm³/mol. The van der Waals surface area contributed by atoms with Crippen LogP contribution in [0.1, 0.15) is 0 Å². The Balaban J connectivity index is -0.0000000910. The fourth-order valence-corrected chi connectivity index (χ4v) is 0. The molecule has 0 fully saturated rings. The average molecular weight is 189 g/mol. The molecule has 0 aromatic rings. The van der Waals surface area contributed by atoms with Gasteiger partial charge in [-0.3, -0.25) is 0 Å². The molecule has 0 aromatic heterocycles. The predicted octanol–water partition coefficient (Wildman–Crippen LogP) is -7.03. The molecule has 57 valence electrons. The zero-order valence-corrected chi connectivity index (χ0v) is 6.15. The summed E-state index contributed by atoms with van der Waals surface area (Å²) >= 11 is -5.12. The molecule has 0 spiro atoms. The van der Waals surface area contributed by atoms with Crippen molar-refractivity contribution in [2.45, 2.75) is 0 Å². The second kappa shape index (κ2) is 7.69. The van der Waals surface area contributed by atoms with Gasteiger partial charge in [0.1, 0.15) is 0 Å². The van der Waals surface area contributed by atoms with E-state index in [1.165, 1.54) is 0 Å². The molecular formula is H4BLiMnO7. The van der Waals surface area contributed by atoms with E-state index in [9.17, 15) is 0 Å². The summed E-state index contributed by atoms with van der Waals surface area (Å²) in [6, 6.07) is 0. The Morgan fingerprint density at radius 2 is 1.20 bits per heavy atom. The molecule has 4 N–H and O–H groups in total. The molecule has 0 aliphatic carbocycles. The van der Waals surface area contributed by atoms with E-state index in [1.807, 2.05) is 0 Å². The Morgan fingerprint density at radius 3 is 1.20 bits per heavy atom. The molecule has 0 bridgehead atoms. The van der Waals surface area contributed by atoms with Gasteiger partial charge in [-0.2, -0.15) is 0 Å². The molecule has 0 amide bonds. The van der Waals surface area contributed by atoms with Crippen LogP contribution >= 0.6 is 0 Å². The van der Waals surface area contributed by atoms with Crippen molar-refractivity contribution >= 4 is 7.32 Å². The molecule has 0 saturated carbocycles. The van der Waals surface area contributed by atoms with Crippen LogP contribution in [-0.2, 0) is 21.0 Å². The summed E-state index contributed by atoms with van der Waals surface area (Å²) < 4.78 is 31.8. The second-order valence-electron chi connectivity index (χ2n) is 0.741. The Kier molecular flexibility index (Phi) is 13.0. The molecule has 0 atom stereocenters. The second-order valence-corrected chi connectivity index (χ2v) is 2.04. The molecule has 10 heavy (non-hydrogen) atoms. The van der Waals surface area contributed by atoms with Gasteiger partial charge in [-0.25, -0.2) is 0 Å². The van der Waals surface area contributed by atoms with Gasteiger partial charge >= 0.3 is 55.6 Å². The van der Waals surface area contributed by atoms with Crippen LogP contribution in [0.15, 0.2) is 0 Å².